The number of hydrogen-bond acceptors (Lipinski definition) is 3. The quantitative estimate of drug-likeness (QED) is 0.631. The second-order valence-electron chi connectivity index (χ2n) is 2.05. The highest BCUT2D eigenvalue weighted by atomic mass is 79.9. The minimum Gasteiger partial charge on any atom is -0.365 e. The Balaban J connectivity index is 2.81. The lowest BCUT2D eigenvalue weighted by Crippen LogP contribution is -2.30. The summed E-state index contributed by atoms with van der Waals surface area (Å²) < 4.78 is 5.16. The molecule has 56 valence electrons. The highest BCUT2D eigenvalue weighted by Crippen LogP contribution is 2.18. The molecule has 0 amide bonds. The molecule has 10 heavy (non-hydrogen) atoms. The first-order valence-electron chi connectivity index (χ1n) is 2.86. The van der Waals surface area contributed by atoms with Crippen molar-refractivity contribution < 1.29 is 14.6 Å². The van der Waals surface area contributed by atoms with Gasteiger partial charge in [0.25, 0.3) is 0 Å². The zero-order chi connectivity index (χ0) is 7.72. The monoisotopic (exact) mass is 206 g/mol. The summed E-state index contributed by atoms with van der Waals surface area (Å²) in [4.78, 5) is 10.9. The fourth-order valence-corrected chi connectivity index (χ4v) is 1.26. The topological polar surface area (TPSA) is 46.5 Å². The molecule has 2 unspecified atom stereocenters. The van der Waals surface area contributed by atoms with E-state index in [0.29, 0.717) is 4.48 Å². The third kappa shape index (κ3) is 1.45. The van der Waals surface area contributed by atoms with E-state index < -0.39 is 12.4 Å². The highest BCUT2D eigenvalue weighted by molar-refractivity contribution is 9.12. The maximum absolute atomic E-state index is 10.9. The van der Waals surface area contributed by atoms with Gasteiger partial charge in [0.05, 0.1) is 4.48 Å². The van der Waals surface area contributed by atoms with Crippen LogP contribution in [-0.2, 0) is 9.53 Å². The van der Waals surface area contributed by atoms with Crippen molar-refractivity contribution in [3.8, 4) is 0 Å². The number of aliphatic hydroxyl groups excluding tert-OH is 1. The summed E-state index contributed by atoms with van der Waals surface area (Å²) in [5.41, 5.74) is 0. The van der Waals surface area contributed by atoms with Crippen molar-refractivity contribution in [2.24, 2.45) is 0 Å². The molecule has 2 atom stereocenters. The fraction of sp³-hybridized carbons (Fsp3) is 0.500. The number of carbonyl (C=O) groups excluding carboxylic acids is 1. The molecule has 0 saturated carbocycles. The van der Waals surface area contributed by atoms with Crippen molar-refractivity contribution in [3.63, 3.8) is 0 Å². The number of aliphatic hydroxyl groups is 1. The van der Waals surface area contributed by atoms with Gasteiger partial charge < -0.3 is 9.84 Å². The minimum atomic E-state index is -0.956. The van der Waals surface area contributed by atoms with E-state index in [1.165, 1.54) is 6.08 Å². The van der Waals surface area contributed by atoms with Gasteiger partial charge in [-0.25, -0.2) is 0 Å². The second-order valence-corrected chi connectivity index (χ2v) is 2.90. The smallest absolute Gasteiger partial charge is 0.198 e. The molecule has 1 heterocycles. The van der Waals surface area contributed by atoms with Crippen LogP contribution in [0.25, 0.3) is 0 Å². The Bertz CT molecular complexity index is 187. The maximum Gasteiger partial charge on any atom is 0.198 e. The first kappa shape index (κ1) is 7.91. The summed E-state index contributed by atoms with van der Waals surface area (Å²) in [5.74, 6) is -0.134. The summed E-state index contributed by atoms with van der Waals surface area (Å²) >= 11 is 3.01. The number of carbonyl (C=O) groups is 1. The zero-order valence-corrected chi connectivity index (χ0v) is 6.96. The van der Waals surface area contributed by atoms with E-state index >= 15 is 0 Å². The molecular weight excluding hydrogens is 200 g/mol. The first-order valence-corrected chi connectivity index (χ1v) is 3.65. The molecular formula is C6H7BrO3. The minimum absolute atomic E-state index is 0.134. The van der Waals surface area contributed by atoms with E-state index in [1.54, 1.807) is 6.92 Å². The normalized spacial score (nSPS) is 33.9. The SMILES string of the molecule is CC1OC(O)C=C(Br)C1=O. The molecule has 1 rings (SSSR count). The number of halogens is 1. The van der Waals surface area contributed by atoms with Gasteiger partial charge >= 0.3 is 0 Å². The molecule has 1 aliphatic heterocycles. The van der Waals surface area contributed by atoms with E-state index in [4.69, 9.17) is 9.84 Å². The molecule has 0 aromatic carbocycles. The van der Waals surface area contributed by atoms with Crippen LogP contribution in [0.3, 0.4) is 0 Å². The van der Waals surface area contributed by atoms with E-state index in [2.05, 4.69) is 15.9 Å². The van der Waals surface area contributed by atoms with Crippen LogP contribution in [0.15, 0.2) is 10.6 Å². The van der Waals surface area contributed by atoms with Gasteiger partial charge in [0.1, 0.15) is 6.10 Å². The molecule has 0 bridgehead atoms. The van der Waals surface area contributed by atoms with Crippen LogP contribution >= 0.6 is 15.9 Å². The molecule has 0 spiro atoms. The van der Waals surface area contributed by atoms with Crippen molar-refractivity contribution in [1.29, 1.82) is 0 Å². The molecule has 0 aromatic rings. The average Bonchev–Trinajstić information content (AvgIpc) is 1.82. The first-order chi connectivity index (χ1) is 4.61. The van der Waals surface area contributed by atoms with Crippen LogP contribution in [0.5, 0.6) is 0 Å². The third-order valence-electron chi connectivity index (χ3n) is 1.24. The number of hydrogen-bond donors (Lipinski definition) is 1. The molecule has 0 aliphatic carbocycles. The van der Waals surface area contributed by atoms with Crippen LogP contribution in [0.1, 0.15) is 6.92 Å². The number of Topliss-reactive ketones (excluding diaryl/α,β-unsaturated/α-hetero) is 1. The van der Waals surface area contributed by atoms with Gasteiger partial charge in [0, 0.05) is 0 Å². The number of rotatable bonds is 0. The van der Waals surface area contributed by atoms with Crippen molar-refractivity contribution in [2.45, 2.75) is 19.3 Å². The van der Waals surface area contributed by atoms with Crippen LogP contribution < -0.4 is 0 Å². The van der Waals surface area contributed by atoms with Crippen LogP contribution in [0.2, 0.25) is 0 Å². The summed E-state index contributed by atoms with van der Waals surface area (Å²) in [5, 5.41) is 8.89. The second kappa shape index (κ2) is 2.82. The predicted molar refractivity (Wildman–Crippen MR) is 38.6 cm³/mol. The van der Waals surface area contributed by atoms with Crippen molar-refractivity contribution in [2.75, 3.05) is 0 Å². The number of ketones is 1. The van der Waals surface area contributed by atoms with E-state index in [-0.39, 0.29) is 5.78 Å². The third-order valence-corrected chi connectivity index (χ3v) is 1.89. The molecule has 0 saturated heterocycles. The number of ether oxygens (including phenoxy) is 1. The van der Waals surface area contributed by atoms with Crippen molar-refractivity contribution >= 4 is 21.7 Å². The highest BCUT2D eigenvalue weighted by Gasteiger charge is 2.24. The largest absolute Gasteiger partial charge is 0.365 e. The summed E-state index contributed by atoms with van der Waals surface area (Å²) in [7, 11) is 0. The van der Waals surface area contributed by atoms with Gasteiger partial charge in [0.2, 0.25) is 0 Å². The molecule has 1 aliphatic rings. The zero-order valence-electron chi connectivity index (χ0n) is 5.37. The van der Waals surface area contributed by atoms with Crippen molar-refractivity contribution in [3.05, 3.63) is 10.6 Å². The Morgan fingerprint density at radius 3 is 2.90 bits per heavy atom. The Morgan fingerprint density at radius 1 is 1.80 bits per heavy atom. The van der Waals surface area contributed by atoms with Crippen LogP contribution in [0.4, 0.5) is 0 Å². The van der Waals surface area contributed by atoms with Crippen LogP contribution in [0, 0.1) is 0 Å². The van der Waals surface area contributed by atoms with Gasteiger partial charge in [-0.2, -0.15) is 0 Å². The Labute approximate surface area is 66.8 Å². The molecule has 3 nitrogen and oxygen atoms in total. The standard InChI is InChI=1S/C6H7BrO3/c1-3-6(9)4(7)2-5(8)10-3/h2-3,5,8H,1H3. The van der Waals surface area contributed by atoms with E-state index in [0.717, 1.165) is 0 Å². The van der Waals surface area contributed by atoms with E-state index in [9.17, 15) is 4.79 Å². The summed E-state index contributed by atoms with van der Waals surface area (Å²) in [6.07, 6.45) is -0.182. The summed E-state index contributed by atoms with van der Waals surface area (Å²) in [6, 6.07) is 0. The molecule has 0 radical (unpaired) electrons. The van der Waals surface area contributed by atoms with Gasteiger partial charge in [-0.05, 0) is 28.9 Å². The fourth-order valence-electron chi connectivity index (χ4n) is 0.712. The Hall–Kier alpha value is -0.190. The van der Waals surface area contributed by atoms with E-state index in [1.807, 2.05) is 0 Å². The Morgan fingerprint density at radius 2 is 2.40 bits per heavy atom. The lowest BCUT2D eigenvalue weighted by molar-refractivity contribution is -0.145. The lowest BCUT2D eigenvalue weighted by atomic mass is 10.2. The molecule has 4 heteroatoms. The Kier molecular flexibility index (Phi) is 2.23. The van der Waals surface area contributed by atoms with Gasteiger partial charge in [-0.1, -0.05) is 0 Å². The van der Waals surface area contributed by atoms with Crippen molar-refractivity contribution in [1.82, 2.24) is 0 Å². The van der Waals surface area contributed by atoms with Gasteiger partial charge in [-0.3, -0.25) is 4.79 Å². The molecule has 0 fully saturated rings. The maximum atomic E-state index is 10.9. The summed E-state index contributed by atoms with van der Waals surface area (Å²) in [6.45, 7) is 1.60. The lowest BCUT2D eigenvalue weighted by Gasteiger charge is -2.19. The molecule has 0 aromatic heterocycles. The molecule has 1 N–H and O–H groups in total. The average molecular weight is 207 g/mol. The van der Waals surface area contributed by atoms with Gasteiger partial charge in [-0.15, -0.1) is 0 Å². The van der Waals surface area contributed by atoms with Crippen LogP contribution in [-0.4, -0.2) is 23.3 Å². The predicted octanol–water partition coefficient (Wildman–Crippen LogP) is 0.571. The van der Waals surface area contributed by atoms with Gasteiger partial charge in [0.15, 0.2) is 12.1 Å².